The fourth-order valence-electron chi connectivity index (χ4n) is 3.76. The maximum absolute atomic E-state index is 12.6. The molecule has 29 heavy (non-hydrogen) atoms. The number of fused-ring (bicyclic) bond motifs is 5. The van der Waals surface area contributed by atoms with Crippen LogP contribution in [0.15, 0.2) is 48.7 Å². The zero-order valence-electron chi connectivity index (χ0n) is 16.2. The number of carbonyl (C=O) groups excluding carboxylic acids is 1. The third kappa shape index (κ3) is 3.06. The zero-order chi connectivity index (χ0) is 20.0. The fourth-order valence-corrected chi connectivity index (χ4v) is 4.85. The predicted octanol–water partition coefficient (Wildman–Crippen LogP) is 5.09. The number of amides is 1. The molecule has 0 bridgehead atoms. The standard InChI is InChI=1S/C23H20N4OS/c1-3-4-15-11-14(9-10-24-15)17-6-5-16-18(27-17)7-8-19-20(16)21-22(29-19)23(28)26-13(2)12-25-21/h3-11,13,25H,12H2,1-2H3,(H,26,28)/b4-3+/t13-/m1/s1. The third-order valence-electron chi connectivity index (χ3n) is 5.11. The highest BCUT2D eigenvalue weighted by atomic mass is 32.1. The molecule has 2 N–H and O–H groups in total. The summed E-state index contributed by atoms with van der Waals surface area (Å²) >= 11 is 1.53. The first-order chi connectivity index (χ1) is 14.1. The van der Waals surface area contributed by atoms with Gasteiger partial charge in [-0.2, -0.15) is 0 Å². The van der Waals surface area contributed by atoms with E-state index in [1.807, 2.05) is 56.5 Å². The average molecular weight is 401 g/mol. The smallest absolute Gasteiger partial charge is 0.263 e. The third-order valence-corrected chi connectivity index (χ3v) is 6.26. The summed E-state index contributed by atoms with van der Waals surface area (Å²) in [5.74, 6) is -0.00952. The normalized spacial score (nSPS) is 16.6. The minimum atomic E-state index is -0.00952. The van der Waals surface area contributed by atoms with Crippen molar-refractivity contribution in [2.45, 2.75) is 19.9 Å². The van der Waals surface area contributed by atoms with Gasteiger partial charge in [0.15, 0.2) is 0 Å². The van der Waals surface area contributed by atoms with Crippen LogP contribution in [0.3, 0.4) is 0 Å². The van der Waals surface area contributed by atoms with E-state index >= 15 is 0 Å². The minimum Gasteiger partial charge on any atom is -0.381 e. The SMILES string of the molecule is C/C=C/c1cc(-c2ccc3c(ccc4sc5c(c43)NC[C@@H](C)NC5=O)n2)ccn1. The van der Waals surface area contributed by atoms with Crippen LogP contribution in [0.1, 0.15) is 29.2 Å². The van der Waals surface area contributed by atoms with E-state index in [0.717, 1.165) is 48.5 Å². The lowest BCUT2D eigenvalue weighted by Crippen LogP contribution is -2.34. The summed E-state index contributed by atoms with van der Waals surface area (Å²) in [6.07, 6.45) is 5.76. The molecule has 0 radical (unpaired) electrons. The Morgan fingerprint density at radius 1 is 1.21 bits per heavy atom. The summed E-state index contributed by atoms with van der Waals surface area (Å²) in [6, 6.07) is 12.3. The van der Waals surface area contributed by atoms with Crippen LogP contribution >= 0.6 is 11.3 Å². The number of pyridine rings is 2. The first-order valence-electron chi connectivity index (χ1n) is 9.64. The first kappa shape index (κ1) is 17.8. The Morgan fingerprint density at radius 2 is 2.10 bits per heavy atom. The van der Waals surface area contributed by atoms with Crippen LogP contribution in [0.2, 0.25) is 0 Å². The van der Waals surface area contributed by atoms with Crippen molar-refractivity contribution in [2.75, 3.05) is 11.9 Å². The van der Waals surface area contributed by atoms with Crippen LogP contribution in [0, 0.1) is 0 Å². The second kappa shape index (κ2) is 6.97. The molecule has 5 nitrogen and oxygen atoms in total. The molecule has 0 saturated carbocycles. The molecular weight excluding hydrogens is 380 g/mol. The summed E-state index contributed by atoms with van der Waals surface area (Å²) in [7, 11) is 0. The fraction of sp³-hybridized carbons (Fsp3) is 0.174. The van der Waals surface area contributed by atoms with Gasteiger partial charge < -0.3 is 10.6 Å². The number of nitrogens with zero attached hydrogens (tertiary/aromatic N) is 2. The highest BCUT2D eigenvalue weighted by molar-refractivity contribution is 7.21. The van der Waals surface area contributed by atoms with Gasteiger partial charge in [-0.25, -0.2) is 4.98 Å². The summed E-state index contributed by atoms with van der Waals surface area (Å²) < 4.78 is 1.09. The predicted molar refractivity (Wildman–Crippen MR) is 120 cm³/mol. The van der Waals surface area contributed by atoms with E-state index in [9.17, 15) is 4.79 Å². The lowest BCUT2D eigenvalue weighted by Gasteiger charge is -2.10. The summed E-state index contributed by atoms with van der Waals surface area (Å²) in [6.45, 7) is 4.69. The highest BCUT2D eigenvalue weighted by Crippen LogP contribution is 2.41. The molecule has 1 aliphatic rings. The van der Waals surface area contributed by atoms with Gasteiger partial charge in [-0.15, -0.1) is 11.3 Å². The van der Waals surface area contributed by atoms with E-state index in [-0.39, 0.29) is 11.9 Å². The van der Waals surface area contributed by atoms with Crippen molar-refractivity contribution in [3.05, 3.63) is 59.2 Å². The average Bonchev–Trinajstić information content (AvgIpc) is 3.05. The summed E-state index contributed by atoms with van der Waals surface area (Å²) in [5.41, 5.74) is 4.69. The van der Waals surface area contributed by atoms with Gasteiger partial charge in [0.25, 0.3) is 5.91 Å². The van der Waals surface area contributed by atoms with Crippen molar-refractivity contribution in [3.8, 4) is 11.3 Å². The van der Waals surface area contributed by atoms with Gasteiger partial charge >= 0.3 is 0 Å². The summed E-state index contributed by atoms with van der Waals surface area (Å²) in [4.78, 5) is 22.6. The number of aromatic nitrogens is 2. The molecule has 0 aliphatic carbocycles. The Balaban J connectivity index is 1.68. The molecule has 0 spiro atoms. The Bertz CT molecular complexity index is 1290. The molecule has 4 aromatic rings. The Kier molecular flexibility index (Phi) is 4.28. The van der Waals surface area contributed by atoms with Crippen molar-refractivity contribution in [1.29, 1.82) is 0 Å². The molecule has 1 aromatic carbocycles. The van der Waals surface area contributed by atoms with E-state index in [2.05, 4.69) is 27.8 Å². The van der Waals surface area contributed by atoms with Crippen LogP contribution in [0.4, 0.5) is 5.69 Å². The van der Waals surface area contributed by atoms with Crippen molar-refractivity contribution in [1.82, 2.24) is 15.3 Å². The maximum atomic E-state index is 12.6. The number of anilines is 1. The molecule has 1 amide bonds. The second-order valence-corrected chi connectivity index (χ2v) is 8.29. The molecule has 5 rings (SSSR count). The van der Waals surface area contributed by atoms with Gasteiger partial charge in [-0.05, 0) is 56.3 Å². The van der Waals surface area contributed by atoms with Crippen LogP contribution in [0.5, 0.6) is 0 Å². The van der Waals surface area contributed by atoms with Gasteiger partial charge in [-0.1, -0.05) is 6.08 Å². The molecule has 0 saturated heterocycles. The van der Waals surface area contributed by atoms with Crippen molar-refractivity contribution in [2.24, 2.45) is 0 Å². The van der Waals surface area contributed by atoms with Crippen LogP contribution in [-0.2, 0) is 0 Å². The van der Waals surface area contributed by atoms with Crippen molar-refractivity contribution >= 4 is 50.0 Å². The molecular formula is C23H20N4OS. The van der Waals surface area contributed by atoms with Crippen LogP contribution < -0.4 is 10.6 Å². The van der Waals surface area contributed by atoms with E-state index < -0.39 is 0 Å². The number of benzene rings is 1. The highest BCUT2D eigenvalue weighted by Gasteiger charge is 2.24. The number of hydrogen-bond acceptors (Lipinski definition) is 5. The van der Waals surface area contributed by atoms with Gasteiger partial charge in [0.2, 0.25) is 0 Å². The van der Waals surface area contributed by atoms with E-state index in [4.69, 9.17) is 4.98 Å². The van der Waals surface area contributed by atoms with E-state index in [0.29, 0.717) is 6.54 Å². The Morgan fingerprint density at radius 3 is 2.97 bits per heavy atom. The first-order valence-corrected chi connectivity index (χ1v) is 10.5. The molecule has 0 fully saturated rings. The number of nitrogens with one attached hydrogen (secondary N) is 2. The lowest BCUT2D eigenvalue weighted by molar-refractivity contribution is 0.0949. The van der Waals surface area contributed by atoms with Crippen LogP contribution in [0.25, 0.3) is 38.3 Å². The number of thiophene rings is 1. The Labute approximate surface area is 172 Å². The molecule has 3 aromatic heterocycles. The lowest BCUT2D eigenvalue weighted by atomic mass is 10.1. The number of allylic oxidation sites excluding steroid dienone is 1. The number of carbonyl (C=O) groups is 1. The molecule has 6 heteroatoms. The molecule has 1 atom stereocenters. The van der Waals surface area contributed by atoms with Crippen LogP contribution in [-0.4, -0.2) is 28.5 Å². The summed E-state index contributed by atoms with van der Waals surface area (Å²) in [5, 5.41) is 8.64. The van der Waals surface area contributed by atoms with E-state index in [1.165, 1.54) is 11.3 Å². The molecule has 4 heterocycles. The quantitative estimate of drug-likeness (QED) is 0.492. The van der Waals surface area contributed by atoms with Gasteiger partial charge in [0.1, 0.15) is 4.88 Å². The van der Waals surface area contributed by atoms with E-state index in [1.54, 1.807) is 0 Å². The topological polar surface area (TPSA) is 66.9 Å². The van der Waals surface area contributed by atoms with Gasteiger partial charge in [0.05, 0.1) is 22.6 Å². The van der Waals surface area contributed by atoms with Gasteiger partial charge in [-0.3, -0.25) is 9.78 Å². The maximum Gasteiger partial charge on any atom is 0.263 e. The monoisotopic (exact) mass is 400 g/mol. The number of rotatable bonds is 2. The van der Waals surface area contributed by atoms with Crippen molar-refractivity contribution < 1.29 is 4.79 Å². The zero-order valence-corrected chi connectivity index (χ0v) is 17.0. The minimum absolute atomic E-state index is 0.00952. The number of hydrogen-bond donors (Lipinski definition) is 2. The molecule has 144 valence electrons. The Hall–Kier alpha value is -3.25. The second-order valence-electron chi connectivity index (χ2n) is 7.23. The molecule has 0 unspecified atom stereocenters. The van der Waals surface area contributed by atoms with Gasteiger partial charge in [0, 0.05) is 39.8 Å². The largest absolute Gasteiger partial charge is 0.381 e. The van der Waals surface area contributed by atoms with Crippen molar-refractivity contribution in [3.63, 3.8) is 0 Å². The molecule has 1 aliphatic heterocycles.